The standard InChI is InChI=1S/C17H24N2O4/c1-17(2,15(20)21)19-10-6-9-18(11-12-19)16(22)23-13-14-7-4-3-5-8-14/h3-5,7-8H,6,9-13H2,1-2H3,(H,20,21). The van der Waals surface area contributed by atoms with E-state index in [-0.39, 0.29) is 12.7 Å². The number of ether oxygens (including phenoxy) is 1. The highest BCUT2D eigenvalue weighted by molar-refractivity contribution is 5.77. The van der Waals surface area contributed by atoms with E-state index in [9.17, 15) is 14.7 Å². The van der Waals surface area contributed by atoms with Gasteiger partial charge < -0.3 is 14.7 Å². The number of rotatable bonds is 4. The number of carbonyl (C=O) groups is 2. The first-order valence-corrected chi connectivity index (χ1v) is 7.85. The van der Waals surface area contributed by atoms with Crippen molar-refractivity contribution in [2.45, 2.75) is 32.4 Å². The highest BCUT2D eigenvalue weighted by atomic mass is 16.6. The van der Waals surface area contributed by atoms with Gasteiger partial charge >= 0.3 is 12.1 Å². The van der Waals surface area contributed by atoms with Gasteiger partial charge in [0, 0.05) is 26.2 Å². The summed E-state index contributed by atoms with van der Waals surface area (Å²) in [6, 6.07) is 9.54. The van der Waals surface area contributed by atoms with E-state index in [1.807, 2.05) is 35.2 Å². The number of carboxylic acids is 1. The van der Waals surface area contributed by atoms with Crippen molar-refractivity contribution in [3.05, 3.63) is 35.9 Å². The number of carboxylic acid groups (broad SMARTS) is 1. The van der Waals surface area contributed by atoms with E-state index in [1.165, 1.54) is 0 Å². The maximum absolute atomic E-state index is 12.2. The Kier molecular flexibility index (Phi) is 5.60. The van der Waals surface area contributed by atoms with Crippen LogP contribution >= 0.6 is 0 Å². The van der Waals surface area contributed by atoms with Gasteiger partial charge in [-0.25, -0.2) is 4.79 Å². The van der Waals surface area contributed by atoms with Gasteiger partial charge in [0.05, 0.1) is 0 Å². The Morgan fingerprint density at radius 2 is 1.83 bits per heavy atom. The molecule has 0 bridgehead atoms. The first-order valence-electron chi connectivity index (χ1n) is 7.85. The molecule has 0 aliphatic carbocycles. The lowest BCUT2D eigenvalue weighted by molar-refractivity contribution is -0.149. The Labute approximate surface area is 136 Å². The second kappa shape index (κ2) is 7.46. The predicted molar refractivity (Wildman–Crippen MR) is 86.1 cm³/mol. The molecule has 1 aromatic rings. The minimum Gasteiger partial charge on any atom is -0.480 e. The van der Waals surface area contributed by atoms with E-state index in [1.54, 1.807) is 18.7 Å². The summed E-state index contributed by atoms with van der Waals surface area (Å²) in [4.78, 5) is 27.1. The largest absolute Gasteiger partial charge is 0.480 e. The van der Waals surface area contributed by atoms with Crippen LogP contribution in [-0.4, -0.2) is 58.7 Å². The molecule has 1 amide bonds. The third-order valence-corrected chi connectivity index (χ3v) is 4.27. The summed E-state index contributed by atoms with van der Waals surface area (Å²) in [6.45, 7) is 5.88. The van der Waals surface area contributed by atoms with Crippen LogP contribution in [0.5, 0.6) is 0 Å². The first kappa shape index (κ1) is 17.3. The van der Waals surface area contributed by atoms with Crippen molar-refractivity contribution >= 4 is 12.1 Å². The molecule has 1 fully saturated rings. The lowest BCUT2D eigenvalue weighted by atomic mass is 10.0. The summed E-state index contributed by atoms with van der Waals surface area (Å²) in [7, 11) is 0. The molecule has 0 unspecified atom stereocenters. The van der Waals surface area contributed by atoms with E-state index >= 15 is 0 Å². The Hall–Kier alpha value is -2.08. The van der Waals surface area contributed by atoms with Crippen molar-refractivity contribution in [1.29, 1.82) is 0 Å². The number of hydrogen-bond acceptors (Lipinski definition) is 4. The predicted octanol–water partition coefficient (Wildman–Crippen LogP) is 2.19. The van der Waals surface area contributed by atoms with Crippen molar-refractivity contribution in [2.24, 2.45) is 0 Å². The van der Waals surface area contributed by atoms with Crippen LogP contribution in [0.1, 0.15) is 25.8 Å². The minimum absolute atomic E-state index is 0.251. The molecule has 0 saturated carbocycles. The van der Waals surface area contributed by atoms with Gasteiger partial charge in [-0.2, -0.15) is 0 Å². The fraction of sp³-hybridized carbons (Fsp3) is 0.529. The number of hydrogen-bond donors (Lipinski definition) is 1. The molecule has 6 nitrogen and oxygen atoms in total. The van der Waals surface area contributed by atoms with Crippen LogP contribution in [0.4, 0.5) is 4.79 Å². The molecule has 0 radical (unpaired) electrons. The average molecular weight is 320 g/mol. The summed E-state index contributed by atoms with van der Waals surface area (Å²) in [5.74, 6) is -0.849. The molecule has 2 rings (SSSR count). The quantitative estimate of drug-likeness (QED) is 0.921. The maximum Gasteiger partial charge on any atom is 0.410 e. The molecule has 1 aromatic carbocycles. The van der Waals surface area contributed by atoms with Crippen LogP contribution < -0.4 is 0 Å². The van der Waals surface area contributed by atoms with Gasteiger partial charge in [0.2, 0.25) is 0 Å². The summed E-state index contributed by atoms with van der Waals surface area (Å²) >= 11 is 0. The van der Waals surface area contributed by atoms with Crippen LogP contribution in [0.2, 0.25) is 0 Å². The molecule has 0 aromatic heterocycles. The van der Waals surface area contributed by atoms with E-state index in [4.69, 9.17) is 4.74 Å². The third-order valence-electron chi connectivity index (χ3n) is 4.27. The zero-order chi connectivity index (χ0) is 16.9. The smallest absolute Gasteiger partial charge is 0.410 e. The highest BCUT2D eigenvalue weighted by Gasteiger charge is 2.35. The topological polar surface area (TPSA) is 70.1 Å². The summed E-state index contributed by atoms with van der Waals surface area (Å²) in [5.41, 5.74) is 0.0218. The summed E-state index contributed by atoms with van der Waals surface area (Å²) in [5, 5.41) is 9.32. The Morgan fingerprint density at radius 3 is 2.48 bits per heavy atom. The lowest BCUT2D eigenvalue weighted by Gasteiger charge is -2.33. The van der Waals surface area contributed by atoms with Crippen LogP contribution in [-0.2, 0) is 16.1 Å². The van der Waals surface area contributed by atoms with Crippen LogP contribution in [0.3, 0.4) is 0 Å². The number of amides is 1. The fourth-order valence-corrected chi connectivity index (χ4v) is 2.60. The molecule has 23 heavy (non-hydrogen) atoms. The van der Waals surface area contributed by atoms with Crippen LogP contribution in [0.15, 0.2) is 30.3 Å². The summed E-state index contributed by atoms with van der Waals surface area (Å²) < 4.78 is 5.34. The molecule has 0 spiro atoms. The van der Waals surface area contributed by atoms with Gasteiger partial charge in [0.15, 0.2) is 0 Å². The van der Waals surface area contributed by atoms with Crippen molar-refractivity contribution in [3.63, 3.8) is 0 Å². The van der Waals surface area contributed by atoms with E-state index in [0.717, 1.165) is 12.0 Å². The van der Waals surface area contributed by atoms with Gasteiger partial charge in [-0.15, -0.1) is 0 Å². The zero-order valence-corrected chi connectivity index (χ0v) is 13.7. The van der Waals surface area contributed by atoms with Crippen molar-refractivity contribution in [3.8, 4) is 0 Å². The maximum atomic E-state index is 12.2. The molecular formula is C17H24N2O4. The van der Waals surface area contributed by atoms with Crippen molar-refractivity contribution in [1.82, 2.24) is 9.80 Å². The molecular weight excluding hydrogens is 296 g/mol. The molecule has 6 heteroatoms. The molecule has 1 aliphatic heterocycles. The van der Waals surface area contributed by atoms with Crippen molar-refractivity contribution < 1.29 is 19.4 Å². The second-order valence-electron chi connectivity index (χ2n) is 6.23. The highest BCUT2D eigenvalue weighted by Crippen LogP contribution is 2.18. The molecule has 1 aliphatic rings. The Morgan fingerprint density at radius 1 is 1.13 bits per heavy atom. The first-order chi connectivity index (χ1) is 10.9. The van der Waals surface area contributed by atoms with Gasteiger partial charge in [0.25, 0.3) is 0 Å². The van der Waals surface area contributed by atoms with E-state index in [0.29, 0.717) is 26.2 Å². The van der Waals surface area contributed by atoms with E-state index in [2.05, 4.69) is 0 Å². The Bertz CT molecular complexity index is 545. The third kappa shape index (κ3) is 4.45. The number of nitrogens with zero attached hydrogens (tertiary/aromatic N) is 2. The zero-order valence-electron chi connectivity index (χ0n) is 13.7. The van der Waals surface area contributed by atoms with Crippen molar-refractivity contribution in [2.75, 3.05) is 26.2 Å². The molecule has 1 N–H and O–H groups in total. The van der Waals surface area contributed by atoms with Gasteiger partial charge in [-0.3, -0.25) is 9.69 Å². The lowest BCUT2D eigenvalue weighted by Crippen LogP contribution is -2.51. The van der Waals surface area contributed by atoms with Crippen LogP contribution in [0, 0.1) is 0 Å². The monoisotopic (exact) mass is 320 g/mol. The van der Waals surface area contributed by atoms with E-state index < -0.39 is 11.5 Å². The van der Waals surface area contributed by atoms with Gasteiger partial charge in [-0.05, 0) is 25.8 Å². The SMILES string of the molecule is CC(C)(C(=O)O)N1CCCN(C(=O)OCc2ccccc2)CC1. The molecule has 1 saturated heterocycles. The normalized spacial score (nSPS) is 16.7. The van der Waals surface area contributed by atoms with Gasteiger partial charge in [0.1, 0.15) is 12.1 Å². The molecule has 0 atom stereocenters. The number of benzene rings is 1. The van der Waals surface area contributed by atoms with Gasteiger partial charge in [-0.1, -0.05) is 30.3 Å². The summed E-state index contributed by atoms with van der Waals surface area (Å²) in [6.07, 6.45) is 0.390. The molecule has 126 valence electrons. The van der Waals surface area contributed by atoms with Crippen LogP contribution in [0.25, 0.3) is 0 Å². The second-order valence-corrected chi connectivity index (χ2v) is 6.23. The minimum atomic E-state index is -0.927. The Balaban J connectivity index is 1.87. The number of aliphatic carboxylic acids is 1. The average Bonchev–Trinajstić information content (AvgIpc) is 2.80. The fourth-order valence-electron chi connectivity index (χ4n) is 2.60. The molecule has 1 heterocycles. The number of carbonyl (C=O) groups excluding carboxylic acids is 1.